The Morgan fingerprint density at radius 1 is 0.955 bits per heavy atom. The van der Waals surface area contributed by atoms with Crippen LogP contribution in [-0.4, -0.2) is 16.5 Å². The first-order chi connectivity index (χ1) is 10.8. The predicted molar refractivity (Wildman–Crippen MR) is 90.9 cm³/mol. The SMILES string of the molecule is NCCc1nc2ccc(-c3ccc4c(c3)CCCC4)cc2[nH]1. The molecule has 112 valence electrons. The van der Waals surface area contributed by atoms with Gasteiger partial charge < -0.3 is 10.7 Å². The summed E-state index contributed by atoms with van der Waals surface area (Å²) in [4.78, 5) is 7.95. The van der Waals surface area contributed by atoms with E-state index in [9.17, 15) is 0 Å². The molecule has 3 heteroatoms. The van der Waals surface area contributed by atoms with Crippen molar-refractivity contribution >= 4 is 11.0 Å². The average molecular weight is 291 g/mol. The van der Waals surface area contributed by atoms with Crippen molar-refractivity contribution in [1.82, 2.24) is 9.97 Å². The Morgan fingerprint density at radius 2 is 1.73 bits per heavy atom. The molecule has 1 aromatic heterocycles. The molecule has 3 nitrogen and oxygen atoms in total. The van der Waals surface area contributed by atoms with Crippen LogP contribution >= 0.6 is 0 Å². The number of aryl methyl sites for hydroxylation is 2. The van der Waals surface area contributed by atoms with E-state index in [1.807, 2.05) is 0 Å². The maximum atomic E-state index is 5.61. The first-order valence-electron chi connectivity index (χ1n) is 8.14. The molecule has 0 radical (unpaired) electrons. The molecule has 1 aliphatic carbocycles. The molecule has 22 heavy (non-hydrogen) atoms. The minimum atomic E-state index is 0.623. The fourth-order valence-electron chi connectivity index (χ4n) is 3.41. The van der Waals surface area contributed by atoms with E-state index in [1.54, 1.807) is 0 Å². The molecule has 1 heterocycles. The van der Waals surface area contributed by atoms with Gasteiger partial charge in [0.1, 0.15) is 5.82 Å². The Labute approximate surface area is 130 Å². The van der Waals surface area contributed by atoms with Gasteiger partial charge in [-0.25, -0.2) is 4.98 Å². The molecule has 1 aliphatic rings. The summed E-state index contributed by atoms with van der Waals surface area (Å²) in [6.45, 7) is 0.623. The smallest absolute Gasteiger partial charge is 0.108 e. The van der Waals surface area contributed by atoms with E-state index < -0.39 is 0 Å². The summed E-state index contributed by atoms with van der Waals surface area (Å²) in [7, 11) is 0. The Bertz CT molecular complexity index is 817. The monoisotopic (exact) mass is 291 g/mol. The van der Waals surface area contributed by atoms with Gasteiger partial charge >= 0.3 is 0 Å². The van der Waals surface area contributed by atoms with Gasteiger partial charge in [0.05, 0.1) is 11.0 Å². The molecule has 0 aliphatic heterocycles. The zero-order valence-corrected chi connectivity index (χ0v) is 12.7. The van der Waals surface area contributed by atoms with E-state index in [0.29, 0.717) is 6.54 Å². The zero-order valence-electron chi connectivity index (χ0n) is 12.7. The summed E-state index contributed by atoms with van der Waals surface area (Å²) in [5.41, 5.74) is 13.3. The van der Waals surface area contributed by atoms with Crippen molar-refractivity contribution in [1.29, 1.82) is 0 Å². The molecule has 0 fully saturated rings. The van der Waals surface area contributed by atoms with Crippen molar-refractivity contribution in [2.24, 2.45) is 5.73 Å². The highest BCUT2D eigenvalue weighted by Gasteiger charge is 2.11. The standard InChI is InChI=1S/C19H21N3/c20-10-9-19-21-17-8-7-16(12-18(17)22-19)15-6-5-13-3-1-2-4-14(13)11-15/h5-8,11-12H,1-4,9-10,20H2,(H,21,22). The summed E-state index contributed by atoms with van der Waals surface area (Å²) in [5, 5.41) is 0. The number of aromatic nitrogens is 2. The van der Waals surface area contributed by atoms with Crippen LogP contribution in [0.15, 0.2) is 36.4 Å². The fraction of sp³-hybridized carbons (Fsp3) is 0.316. The number of nitrogens with zero attached hydrogens (tertiary/aromatic N) is 1. The number of benzene rings is 2. The first kappa shape index (κ1) is 13.5. The summed E-state index contributed by atoms with van der Waals surface area (Å²) < 4.78 is 0. The number of hydrogen-bond acceptors (Lipinski definition) is 2. The molecule has 3 N–H and O–H groups in total. The van der Waals surface area contributed by atoms with Gasteiger partial charge in [0, 0.05) is 6.42 Å². The molecule has 0 saturated carbocycles. The van der Waals surface area contributed by atoms with Gasteiger partial charge in [0.25, 0.3) is 0 Å². The van der Waals surface area contributed by atoms with Crippen molar-refractivity contribution in [3.8, 4) is 11.1 Å². The third-order valence-corrected chi connectivity index (χ3v) is 4.59. The molecule has 0 unspecified atom stereocenters. The highest BCUT2D eigenvalue weighted by molar-refractivity contribution is 5.82. The van der Waals surface area contributed by atoms with Crippen molar-refractivity contribution < 1.29 is 0 Å². The zero-order chi connectivity index (χ0) is 14.9. The molecular weight excluding hydrogens is 270 g/mol. The van der Waals surface area contributed by atoms with Crippen LogP contribution in [0.1, 0.15) is 29.8 Å². The third kappa shape index (κ3) is 2.42. The van der Waals surface area contributed by atoms with Crippen LogP contribution in [-0.2, 0) is 19.3 Å². The number of hydrogen-bond donors (Lipinski definition) is 2. The van der Waals surface area contributed by atoms with Gasteiger partial charge in [-0.15, -0.1) is 0 Å². The maximum Gasteiger partial charge on any atom is 0.108 e. The van der Waals surface area contributed by atoms with E-state index in [-0.39, 0.29) is 0 Å². The summed E-state index contributed by atoms with van der Waals surface area (Å²) in [5.74, 6) is 0.972. The lowest BCUT2D eigenvalue weighted by Crippen LogP contribution is -2.03. The summed E-state index contributed by atoms with van der Waals surface area (Å²) >= 11 is 0. The Kier molecular flexibility index (Phi) is 3.43. The Hall–Kier alpha value is -2.13. The highest BCUT2D eigenvalue weighted by Crippen LogP contribution is 2.29. The van der Waals surface area contributed by atoms with Crippen molar-refractivity contribution in [3.05, 3.63) is 53.3 Å². The number of nitrogens with one attached hydrogen (secondary N) is 1. The van der Waals surface area contributed by atoms with Crippen LogP contribution in [0.4, 0.5) is 0 Å². The van der Waals surface area contributed by atoms with Crippen LogP contribution in [0.5, 0.6) is 0 Å². The Balaban J connectivity index is 1.73. The summed E-state index contributed by atoms with van der Waals surface area (Å²) in [6, 6.07) is 13.4. The number of fused-ring (bicyclic) bond motifs is 2. The number of aromatic amines is 1. The van der Waals surface area contributed by atoms with Crippen LogP contribution in [0, 0.1) is 0 Å². The van der Waals surface area contributed by atoms with E-state index in [2.05, 4.69) is 46.4 Å². The van der Waals surface area contributed by atoms with Gasteiger partial charge in [-0.1, -0.05) is 24.3 Å². The first-order valence-corrected chi connectivity index (χ1v) is 8.14. The number of H-pyrrole nitrogens is 1. The lowest BCUT2D eigenvalue weighted by Gasteiger charge is -2.16. The largest absolute Gasteiger partial charge is 0.342 e. The molecule has 0 saturated heterocycles. The second kappa shape index (κ2) is 5.58. The van der Waals surface area contributed by atoms with Crippen molar-refractivity contribution in [3.63, 3.8) is 0 Å². The molecule has 0 atom stereocenters. The van der Waals surface area contributed by atoms with Gasteiger partial charge in [0.2, 0.25) is 0 Å². The molecule has 2 aromatic carbocycles. The fourth-order valence-corrected chi connectivity index (χ4v) is 3.41. The number of rotatable bonds is 3. The van der Waals surface area contributed by atoms with Gasteiger partial charge in [-0.3, -0.25) is 0 Å². The lowest BCUT2D eigenvalue weighted by molar-refractivity contribution is 0.686. The van der Waals surface area contributed by atoms with E-state index in [1.165, 1.54) is 47.9 Å². The molecule has 0 bridgehead atoms. The van der Waals surface area contributed by atoms with E-state index in [4.69, 9.17) is 5.73 Å². The minimum absolute atomic E-state index is 0.623. The molecule has 0 amide bonds. The molecular formula is C19H21N3. The molecule has 4 rings (SSSR count). The summed E-state index contributed by atoms with van der Waals surface area (Å²) in [6.07, 6.45) is 5.89. The van der Waals surface area contributed by atoms with E-state index in [0.717, 1.165) is 23.3 Å². The van der Waals surface area contributed by atoms with Crippen molar-refractivity contribution in [2.45, 2.75) is 32.1 Å². The van der Waals surface area contributed by atoms with Crippen LogP contribution in [0.3, 0.4) is 0 Å². The van der Waals surface area contributed by atoms with E-state index >= 15 is 0 Å². The quantitative estimate of drug-likeness (QED) is 0.774. The maximum absolute atomic E-state index is 5.61. The Morgan fingerprint density at radius 3 is 2.59 bits per heavy atom. The second-order valence-corrected chi connectivity index (χ2v) is 6.14. The average Bonchev–Trinajstić information content (AvgIpc) is 2.96. The third-order valence-electron chi connectivity index (χ3n) is 4.59. The highest BCUT2D eigenvalue weighted by atomic mass is 14.9. The van der Waals surface area contributed by atoms with Crippen LogP contribution in [0.25, 0.3) is 22.2 Å². The topological polar surface area (TPSA) is 54.7 Å². The predicted octanol–water partition coefficient (Wildman–Crippen LogP) is 3.61. The van der Waals surface area contributed by atoms with Crippen LogP contribution in [0.2, 0.25) is 0 Å². The normalized spacial score (nSPS) is 14.2. The number of imidazole rings is 1. The van der Waals surface area contributed by atoms with Gasteiger partial charge in [-0.05, 0) is 66.6 Å². The van der Waals surface area contributed by atoms with Crippen LogP contribution < -0.4 is 5.73 Å². The van der Waals surface area contributed by atoms with Gasteiger partial charge in [-0.2, -0.15) is 0 Å². The lowest BCUT2D eigenvalue weighted by atomic mass is 9.89. The molecule has 0 spiro atoms. The van der Waals surface area contributed by atoms with Crippen molar-refractivity contribution in [2.75, 3.05) is 6.54 Å². The van der Waals surface area contributed by atoms with Gasteiger partial charge in [0.15, 0.2) is 0 Å². The second-order valence-electron chi connectivity index (χ2n) is 6.14. The minimum Gasteiger partial charge on any atom is -0.342 e. The number of nitrogens with two attached hydrogens (primary N) is 1. The molecule has 3 aromatic rings.